The van der Waals surface area contributed by atoms with Gasteiger partial charge in [0.2, 0.25) is 0 Å². The Kier molecular flexibility index (Phi) is 4.45. The Hall–Kier alpha value is -2.81. The van der Waals surface area contributed by atoms with Crippen LogP contribution in [0.1, 0.15) is 45.2 Å². The molecule has 1 saturated carbocycles. The first kappa shape index (κ1) is 19.5. The number of aromatic nitrogens is 4. The molecule has 0 N–H and O–H groups in total. The summed E-state index contributed by atoms with van der Waals surface area (Å²) in [4.78, 5) is 12.9. The van der Waals surface area contributed by atoms with Crippen molar-refractivity contribution in [3.05, 3.63) is 46.4 Å². The van der Waals surface area contributed by atoms with Crippen LogP contribution in [0.5, 0.6) is 0 Å². The molecule has 2 aromatic heterocycles. The van der Waals surface area contributed by atoms with Crippen molar-refractivity contribution in [3.63, 3.8) is 0 Å². The van der Waals surface area contributed by atoms with Crippen LogP contribution in [0.3, 0.4) is 0 Å². The van der Waals surface area contributed by atoms with Crippen LogP contribution in [-0.2, 0) is 17.1 Å². The smallest absolute Gasteiger partial charge is 0.258 e. The van der Waals surface area contributed by atoms with Gasteiger partial charge in [0.1, 0.15) is 5.69 Å². The largest absolute Gasteiger partial charge is 0.309 e. The number of rotatable bonds is 4. The summed E-state index contributed by atoms with van der Waals surface area (Å²) in [6.45, 7) is 4.79. The fourth-order valence-electron chi connectivity index (χ4n) is 3.01. The van der Waals surface area contributed by atoms with Gasteiger partial charge in [0.25, 0.3) is 15.6 Å². The van der Waals surface area contributed by atoms with Gasteiger partial charge in [-0.25, -0.2) is 13.1 Å². The molecular weight excluding hydrogens is 390 g/mol. The lowest BCUT2D eigenvalue weighted by molar-refractivity contribution is 0.562. The first-order chi connectivity index (χ1) is 13.6. The second-order valence-electron chi connectivity index (χ2n) is 8.34. The molecule has 1 aliphatic rings. The fraction of sp³-hybridized carbons (Fsp3) is 0.400. The van der Waals surface area contributed by atoms with E-state index in [2.05, 4.69) is 14.7 Å². The maximum atomic E-state index is 12.9. The minimum absolute atomic E-state index is 0.188. The van der Waals surface area contributed by atoms with Gasteiger partial charge in [-0.2, -0.15) is 4.40 Å². The molecule has 0 atom stereocenters. The van der Waals surface area contributed by atoms with E-state index in [0.29, 0.717) is 33.8 Å². The number of nitrogens with zero attached hydrogens (tertiary/aromatic N) is 5. The van der Waals surface area contributed by atoms with Gasteiger partial charge >= 0.3 is 0 Å². The Morgan fingerprint density at radius 3 is 2.59 bits per heavy atom. The molecule has 1 aromatic carbocycles. The Bertz CT molecular complexity index is 1290. The summed E-state index contributed by atoms with van der Waals surface area (Å²) >= 11 is 0. The van der Waals surface area contributed by atoms with E-state index < -0.39 is 14.8 Å². The van der Waals surface area contributed by atoms with Gasteiger partial charge < -0.3 is 4.57 Å². The minimum atomic E-state index is -3.68. The van der Waals surface area contributed by atoms with Gasteiger partial charge in [-0.3, -0.25) is 4.79 Å². The molecule has 1 aliphatic carbocycles. The van der Waals surface area contributed by atoms with Crippen LogP contribution >= 0.6 is 0 Å². The van der Waals surface area contributed by atoms with Gasteiger partial charge in [-0.05, 0) is 51.1 Å². The Morgan fingerprint density at radius 1 is 1.21 bits per heavy atom. The zero-order valence-corrected chi connectivity index (χ0v) is 17.6. The highest BCUT2D eigenvalue weighted by atomic mass is 32.2. The molecule has 0 amide bonds. The standard InChI is InChI=1S/C20H23N5O3S/c1-20(2,3)29(27,28)21-11-13-6-5-7-15-16(13)10-18(24(4)19(15)26)17-12-25(23-22-17)14-8-9-14/h5-7,10-12,14H,8-9H2,1-4H3/b21-11+. The van der Waals surface area contributed by atoms with Crippen LogP contribution in [0.2, 0.25) is 0 Å². The minimum Gasteiger partial charge on any atom is -0.309 e. The molecule has 2 heterocycles. The van der Waals surface area contributed by atoms with E-state index in [1.807, 2.05) is 16.9 Å². The van der Waals surface area contributed by atoms with Crippen molar-refractivity contribution < 1.29 is 8.42 Å². The van der Waals surface area contributed by atoms with Crippen LogP contribution in [0, 0.1) is 0 Å². The normalized spacial score (nSPS) is 15.4. The lowest BCUT2D eigenvalue weighted by Gasteiger charge is -2.14. The van der Waals surface area contributed by atoms with E-state index in [4.69, 9.17) is 0 Å². The molecular formula is C20H23N5O3S. The summed E-state index contributed by atoms with van der Waals surface area (Å²) in [6, 6.07) is 7.41. The zero-order valence-electron chi connectivity index (χ0n) is 16.8. The lowest BCUT2D eigenvalue weighted by atomic mass is 10.0. The highest BCUT2D eigenvalue weighted by Gasteiger charge is 2.28. The Labute approximate surface area is 168 Å². The van der Waals surface area contributed by atoms with Crippen molar-refractivity contribution in [1.82, 2.24) is 19.6 Å². The maximum Gasteiger partial charge on any atom is 0.258 e. The quantitative estimate of drug-likeness (QED) is 0.612. The van der Waals surface area contributed by atoms with Gasteiger partial charge in [0.15, 0.2) is 0 Å². The van der Waals surface area contributed by atoms with Crippen molar-refractivity contribution in [1.29, 1.82) is 0 Å². The highest BCUT2D eigenvalue weighted by molar-refractivity contribution is 7.91. The molecule has 4 rings (SSSR count). The molecule has 29 heavy (non-hydrogen) atoms. The molecule has 3 aromatic rings. The van der Waals surface area contributed by atoms with Crippen molar-refractivity contribution in [2.45, 2.75) is 44.4 Å². The summed E-state index contributed by atoms with van der Waals surface area (Å²) < 4.78 is 30.9. The second-order valence-corrected chi connectivity index (χ2v) is 10.7. The fourth-order valence-corrected chi connectivity index (χ4v) is 3.58. The maximum absolute atomic E-state index is 12.9. The van der Waals surface area contributed by atoms with Crippen molar-refractivity contribution in [2.24, 2.45) is 11.4 Å². The molecule has 1 fully saturated rings. The van der Waals surface area contributed by atoms with Gasteiger partial charge in [0.05, 0.1) is 22.7 Å². The monoisotopic (exact) mass is 413 g/mol. The summed E-state index contributed by atoms with van der Waals surface area (Å²) in [5.74, 6) is 0. The Balaban J connectivity index is 1.87. The van der Waals surface area contributed by atoms with E-state index in [-0.39, 0.29) is 5.56 Å². The number of pyridine rings is 1. The average Bonchev–Trinajstić information content (AvgIpc) is 3.39. The van der Waals surface area contributed by atoms with E-state index in [0.717, 1.165) is 12.8 Å². The first-order valence-electron chi connectivity index (χ1n) is 9.43. The zero-order chi connectivity index (χ0) is 21.0. The number of benzene rings is 1. The highest BCUT2D eigenvalue weighted by Crippen LogP contribution is 2.34. The van der Waals surface area contributed by atoms with Crippen LogP contribution in [0.15, 0.2) is 39.7 Å². The molecule has 8 nitrogen and oxygen atoms in total. The summed E-state index contributed by atoms with van der Waals surface area (Å²) in [7, 11) is -1.99. The molecule has 0 unspecified atom stereocenters. The topological polar surface area (TPSA) is 99.2 Å². The molecule has 0 saturated heterocycles. The third kappa shape index (κ3) is 3.50. The van der Waals surface area contributed by atoms with E-state index in [1.165, 1.54) is 10.8 Å². The number of hydrogen-bond acceptors (Lipinski definition) is 5. The van der Waals surface area contributed by atoms with Crippen LogP contribution < -0.4 is 5.56 Å². The number of hydrogen-bond donors (Lipinski definition) is 0. The first-order valence-corrected chi connectivity index (χ1v) is 10.9. The number of sulfonamides is 1. The van der Waals surface area contributed by atoms with Crippen molar-refractivity contribution >= 4 is 27.0 Å². The molecule has 0 spiro atoms. The van der Waals surface area contributed by atoms with Gasteiger partial charge in [0, 0.05) is 24.2 Å². The predicted molar refractivity (Wildman–Crippen MR) is 113 cm³/mol. The summed E-state index contributed by atoms with van der Waals surface area (Å²) in [5, 5.41) is 9.51. The third-order valence-electron chi connectivity index (χ3n) is 5.12. The van der Waals surface area contributed by atoms with Crippen LogP contribution in [-0.4, -0.2) is 38.9 Å². The Morgan fingerprint density at radius 2 is 1.93 bits per heavy atom. The van der Waals surface area contributed by atoms with Gasteiger partial charge in [-0.1, -0.05) is 17.3 Å². The van der Waals surface area contributed by atoms with Crippen LogP contribution in [0.4, 0.5) is 0 Å². The van der Waals surface area contributed by atoms with Gasteiger partial charge in [-0.15, -0.1) is 5.10 Å². The van der Waals surface area contributed by atoms with E-state index >= 15 is 0 Å². The summed E-state index contributed by atoms with van der Waals surface area (Å²) in [5.41, 5.74) is 1.60. The third-order valence-corrected chi connectivity index (χ3v) is 7.05. The molecule has 0 aliphatic heterocycles. The molecule has 0 radical (unpaired) electrons. The number of fused-ring (bicyclic) bond motifs is 1. The molecule has 9 heteroatoms. The molecule has 0 bridgehead atoms. The summed E-state index contributed by atoms with van der Waals surface area (Å²) in [6.07, 6.45) is 5.33. The lowest BCUT2D eigenvalue weighted by Crippen LogP contribution is -2.25. The van der Waals surface area contributed by atoms with E-state index in [1.54, 1.807) is 46.0 Å². The SMILES string of the molecule is Cn1c(-c2cn(C3CC3)nn2)cc2c(/C=N/S(=O)(=O)C(C)(C)C)cccc2c1=O. The predicted octanol–water partition coefficient (Wildman–Crippen LogP) is 2.68. The average molecular weight is 414 g/mol. The van der Waals surface area contributed by atoms with Crippen LogP contribution in [0.25, 0.3) is 22.2 Å². The second kappa shape index (κ2) is 6.62. The molecule has 152 valence electrons. The van der Waals surface area contributed by atoms with Crippen molar-refractivity contribution in [3.8, 4) is 11.4 Å². The van der Waals surface area contributed by atoms with E-state index in [9.17, 15) is 13.2 Å². The van der Waals surface area contributed by atoms with Crippen molar-refractivity contribution in [2.75, 3.05) is 0 Å².